The molecule has 6 nitrogen and oxygen atoms in total. The Morgan fingerprint density at radius 1 is 0.906 bits per heavy atom. The molecule has 0 radical (unpaired) electrons. The Labute approximate surface area is 187 Å². The second kappa shape index (κ2) is 11.4. The molecule has 3 aromatic carbocycles. The lowest BCUT2D eigenvalue weighted by Crippen LogP contribution is -2.20. The summed E-state index contributed by atoms with van der Waals surface area (Å²) >= 11 is 0. The number of allylic oxidation sites excluding steroid dienone is 1. The number of hydrogen-bond donors (Lipinski definition) is 1. The molecular weight excluding hydrogens is 406 g/mol. The first-order valence-corrected chi connectivity index (χ1v) is 10.2. The second-order valence-corrected chi connectivity index (χ2v) is 6.77. The molecule has 3 aromatic rings. The highest BCUT2D eigenvalue weighted by Gasteiger charge is 2.10. The minimum Gasteiger partial charge on any atom is -0.497 e. The molecule has 3 rings (SSSR count). The molecule has 6 heteroatoms. The van der Waals surface area contributed by atoms with Crippen LogP contribution in [-0.2, 0) is 4.79 Å². The Kier molecular flexibility index (Phi) is 8.03. The van der Waals surface area contributed by atoms with Crippen LogP contribution in [0.25, 0.3) is 6.08 Å². The smallest absolute Gasteiger partial charge is 0.262 e. The molecular formula is C26H25NO5. The fourth-order valence-corrected chi connectivity index (χ4v) is 2.90. The van der Waals surface area contributed by atoms with E-state index in [9.17, 15) is 9.59 Å². The minimum absolute atomic E-state index is 0.122. The highest BCUT2D eigenvalue weighted by molar-refractivity contribution is 6.06. The molecule has 1 N–H and O–H groups in total. The molecule has 0 unspecified atom stereocenters. The molecule has 1 amide bonds. The monoisotopic (exact) mass is 431 g/mol. The third-order valence-corrected chi connectivity index (χ3v) is 4.49. The lowest BCUT2D eigenvalue weighted by Gasteiger charge is -2.12. The van der Waals surface area contributed by atoms with E-state index in [0.717, 1.165) is 5.56 Å². The van der Waals surface area contributed by atoms with Crippen molar-refractivity contribution in [2.45, 2.75) is 6.92 Å². The average molecular weight is 431 g/mol. The van der Waals surface area contributed by atoms with Crippen molar-refractivity contribution in [1.82, 2.24) is 0 Å². The predicted molar refractivity (Wildman–Crippen MR) is 125 cm³/mol. The average Bonchev–Trinajstić information content (AvgIpc) is 2.83. The number of anilines is 1. The molecule has 0 heterocycles. The summed E-state index contributed by atoms with van der Waals surface area (Å²) in [5.41, 5.74) is 2.04. The first-order chi connectivity index (χ1) is 15.6. The van der Waals surface area contributed by atoms with Crippen molar-refractivity contribution in [2.75, 3.05) is 25.6 Å². The third-order valence-electron chi connectivity index (χ3n) is 4.49. The fraction of sp³-hybridized carbons (Fsp3) is 0.154. The van der Waals surface area contributed by atoms with Gasteiger partial charge in [-0.3, -0.25) is 9.59 Å². The molecule has 0 aliphatic carbocycles. The maximum absolute atomic E-state index is 12.4. The molecule has 0 saturated carbocycles. The van der Waals surface area contributed by atoms with E-state index in [2.05, 4.69) is 5.32 Å². The number of ketones is 1. The van der Waals surface area contributed by atoms with E-state index in [-0.39, 0.29) is 18.3 Å². The van der Waals surface area contributed by atoms with Gasteiger partial charge in [-0.2, -0.15) is 0 Å². The number of benzene rings is 3. The van der Waals surface area contributed by atoms with Gasteiger partial charge in [0.2, 0.25) is 0 Å². The van der Waals surface area contributed by atoms with Crippen LogP contribution < -0.4 is 19.5 Å². The lowest BCUT2D eigenvalue weighted by atomic mass is 10.1. The van der Waals surface area contributed by atoms with Gasteiger partial charge in [0.1, 0.15) is 5.75 Å². The van der Waals surface area contributed by atoms with Crippen LogP contribution in [0.5, 0.6) is 17.2 Å². The largest absolute Gasteiger partial charge is 0.497 e. The summed E-state index contributed by atoms with van der Waals surface area (Å²) in [4.78, 5) is 24.5. The van der Waals surface area contributed by atoms with E-state index in [0.29, 0.717) is 35.1 Å². The number of hydrogen-bond acceptors (Lipinski definition) is 5. The van der Waals surface area contributed by atoms with E-state index in [4.69, 9.17) is 14.2 Å². The quantitative estimate of drug-likeness (QED) is 0.361. The van der Waals surface area contributed by atoms with Gasteiger partial charge in [0.25, 0.3) is 5.91 Å². The topological polar surface area (TPSA) is 73.9 Å². The van der Waals surface area contributed by atoms with Crippen molar-refractivity contribution in [3.63, 3.8) is 0 Å². The molecule has 0 aliphatic heterocycles. The number of carbonyl (C=O) groups excluding carboxylic acids is 2. The number of amides is 1. The van der Waals surface area contributed by atoms with E-state index in [1.807, 2.05) is 25.1 Å². The number of ether oxygens (including phenoxy) is 3. The van der Waals surface area contributed by atoms with Crippen LogP contribution in [0.4, 0.5) is 5.69 Å². The maximum atomic E-state index is 12.4. The molecule has 0 fully saturated rings. The normalized spacial score (nSPS) is 10.6. The minimum atomic E-state index is -0.271. The molecule has 0 saturated heterocycles. The first-order valence-electron chi connectivity index (χ1n) is 10.2. The molecule has 0 atom stereocenters. The molecule has 0 bridgehead atoms. The molecule has 0 aromatic heterocycles. The first kappa shape index (κ1) is 22.6. The highest BCUT2D eigenvalue weighted by Crippen LogP contribution is 2.29. The summed E-state index contributed by atoms with van der Waals surface area (Å²) < 4.78 is 16.4. The summed E-state index contributed by atoms with van der Waals surface area (Å²) in [7, 11) is 1.58. The van der Waals surface area contributed by atoms with Crippen LogP contribution in [0.2, 0.25) is 0 Å². The zero-order valence-electron chi connectivity index (χ0n) is 18.0. The van der Waals surface area contributed by atoms with E-state index in [1.54, 1.807) is 67.8 Å². The zero-order valence-corrected chi connectivity index (χ0v) is 18.0. The Hall–Kier alpha value is -4.06. The Morgan fingerprint density at radius 3 is 2.34 bits per heavy atom. The van der Waals surface area contributed by atoms with Crippen LogP contribution in [0.15, 0.2) is 78.9 Å². The molecule has 32 heavy (non-hydrogen) atoms. The number of nitrogens with one attached hydrogen (secondary N) is 1. The van der Waals surface area contributed by atoms with Crippen molar-refractivity contribution in [1.29, 1.82) is 0 Å². The van der Waals surface area contributed by atoms with Gasteiger partial charge in [0.05, 0.1) is 13.7 Å². The SMILES string of the molecule is CCOc1cc(C=CC(=O)c2ccc(OC)cc2)ccc1OCC(=O)Nc1ccccc1. The van der Waals surface area contributed by atoms with Gasteiger partial charge in [-0.1, -0.05) is 30.3 Å². The Morgan fingerprint density at radius 2 is 1.66 bits per heavy atom. The summed E-state index contributed by atoms with van der Waals surface area (Å²) in [5, 5.41) is 2.77. The number of para-hydroxylation sites is 1. The van der Waals surface area contributed by atoms with Crippen LogP contribution in [-0.4, -0.2) is 32.0 Å². The van der Waals surface area contributed by atoms with Crippen LogP contribution in [0.1, 0.15) is 22.8 Å². The van der Waals surface area contributed by atoms with Crippen LogP contribution in [0, 0.1) is 0 Å². The van der Waals surface area contributed by atoms with Crippen molar-refractivity contribution < 1.29 is 23.8 Å². The molecule has 0 spiro atoms. The standard InChI is InChI=1S/C26H25NO5/c1-3-31-25-17-19(9-15-23(28)20-11-13-22(30-2)14-12-20)10-16-24(25)32-18-26(29)27-21-7-5-4-6-8-21/h4-17H,3,18H2,1-2H3,(H,27,29). The van der Waals surface area contributed by atoms with Crippen molar-refractivity contribution >= 4 is 23.5 Å². The van der Waals surface area contributed by atoms with Crippen molar-refractivity contribution in [2.24, 2.45) is 0 Å². The molecule has 0 aliphatic rings. The zero-order chi connectivity index (χ0) is 22.8. The number of methoxy groups -OCH3 is 1. The second-order valence-electron chi connectivity index (χ2n) is 6.77. The van der Waals surface area contributed by atoms with Gasteiger partial charge in [0, 0.05) is 11.3 Å². The number of rotatable bonds is 10. The summed E-state index contributed by atoms with van der Waals surface area (Å²) in [5.74, 6) is 1.25. The summed E-state index contributed by atoms with van der Waals surface area (Å²) in [6.45, 7) is 2.15. The summed E-state index contributed by atoms with van der Waals surface area (Å²) in [6.07, 6.45) is 3.21. The van der Waals surface area contributed by atoms with Gasteiger partial charge >= 0.3 is 0 Å². The lowest BCUT2D eigenvalue weighted by molar-refractivity contribution is -0.118. The van der Waals surface area contributed by atoms with Gasteiger partial charge in [-0.05, 0) is 67.1 Å². The van der Waals surface area contributed by atoms with Gasteiger partial charge in [-0.25, -0.2) is 0 Å². The van der Waals surface area contributed by atoms with E-state index >= 15 is 0 Å². The van der Waals surface area contributed by atoms with Gasteiger partial charge in [0.15, 0.2) is 23.9 Å². The van der Waals surface area contributed by atoms with Crippen molar-refractivity contribution in [3.8, 4) is 17.2 Å². The third kappa shape index (κ3) is 6.47. The Balaban J connectivity index is 1.64. The van der Waals surface area contributed by atoms with E-state index in [1.165, 1.54) is 6.08 Å². The van der Waals surface area contributed by atoms with Crippen molar-refractivity contribution in [3.05, 3.63) is 90.0 Å². The fourth-order valence-electron chi connectivity index (χ4n) is 2.90. The summed E-state index contributed by atoms with van der Waals surface area (Å²) in [6, 6.07) is 21.4. The highest BCUT2D eigenvalue weighted by atomic mass is 16.5. The predicted octanol–water partition coefficient (Wildman–Crippen LogP) is 5.01. The van der Waals surface area contributed by atoms with Crippen LogP contribution >= 0.6 is 0 Å². The molecule has 164 valence electrons. The number of carbonyl (C=O) groups is 2. The maximum Gasteiger partial charge on any atom is 0.262 e. The van der Waals surface area contributed by atoms with Gasteiger partial charge < -0.3 is 19.5 Å². The van der Waals surface area contributed by atoms with Crippen LogP contribution in [0.3, 0.4) is 0 Å². The Bertz CT molecular complexity index is 1080. The van der Waals surface area contributed by atoms with Gasteiger partial charge in [-0.15, -0.1) is 0 Å². The van der Waals surface area contributed by atoms with E-state index < -0.39 is 0 Å².